The van der Waals surface area contributed by atoms with Gasteiger partial charge in [0.05, 0.1) is 13.2 Å². The Hall–Kier alpha value is -1.39. The first kappa shape index (κ1) is 16.0. The van der Waals surface area contributed by atoms with Crippen molar-refractivity contribution in [2.24, 2.45) is 5.41 Å². The SMILES string of the molecule is CN(CC(C)(CO)CO)C(=O)c1ccc2c(c1)CCCC2. The van der Waals surface area contributed by atoms with E-state index in [0.29, 0.717) is 12.1 Å². The lowest BCUT2D eigenvalue weighted by atomic mass is 9.89. The van der Waals surface area contributed by atoms with Crippen LogP contribution in [0.25, 0.3) is 0 Å². The van der Waals surface area contributed by atoms with E-state index in [1.54, 1.807) is 18.9 Å². The van der Waals surface area contributed by atoms with Crippen molar-refractivity contribution in [2.75, 3.05) is 26.8 Å². The number of amides is 1. The minimum Gasteiger partial charge on any atom is -0.396 e. The summed E-state index contributed by atoms with van der Waals surface area (Å²) in [5, 5.41) is 18.7. The number of aliphatic hydroxyl groups excluding tert-OH is 2. The van der Waals surface area contributed by atoms with Gasteiger partial charge in [-0.2, -0.15) is 0 Å². The first-order valence-electron chi connectivity index (χ1n) is 7.58. The number of carbonyl (C=O) groups is 1. The van der Waals surface area contributed by atoms with Gasteiger partial charge in [-0.15, -0.1) is 0 Å². The van der Waals surface area contributed by atoms with Crippen LogP contribution >= 0.6 is 0 Å². The number of aliphatic hydroxyl groups is 2. The van der Waals surface area contributed by atoms with E-state index in [9.17, 15) is 15.0 Å². The highest BCUT2D eigenvalue weighted by Gasteiger charge is 2.27. The second kappa shape index (κ2) is 6.58. The highest BCUT2D eigenvalue weighted by atomic mass is 16.3. The Labute approximate surface area is 126 Å². The quantitative estimate of drug-likeness (QED) is 0.867. The fourth-order valence-corrected chi connectivity index (χ4v) is 2.88. The Kier molecular flexibility index (Phi) is 5.01. The first-order chi connectivity index (χ1) is 9.99. The van der Waals surface area contributed by atoms with Gasteiger partial charge in [-0.1, -0.05) is 13.0 Å². The lowest BCUT2D eigenvalue weighted by Gasteiger charge is -2.30. The lowest BCUT2D eigenvalue weighted by molar-refractivity contribution is 0.0366. The molecule has 2 N–H and O–H groups in total. The maximum Gasteiger partial charge on any atom is 0.253 e. The van der Waals surface area contributed by atoms with E-state index in [0.717, 1.165) is 12.8 Å². The number of carbonyl (C=O) groups excluding carboxylic acids is 1. The molecule has 0 heterocycles. The highest BCUT2D eigenvalue weighted by Crippen LogP contribution is 2.23. The van der Waals surface area contributed by atoms with Gasteiger partial charge in [0.15, 0.2) is 0 Å². The number of hydrogen-bond donors (Lipinski definition) is 2. The molecule has 4 nitrogen and oxygen atoms in total. The third-order valence-electron chi connectivity index (χ3n) is 4.32. The lowest BCUT2D eigenvalue weighted by Crippen LogP contribution is -2.41. The molecule has 0 fully saturated rings. The van der Waals surface area contributed by atoms with E-state index >= 15 is 0 Å². The maximum atomic E-state index is 12.5. The van der Waals surface area contributed by atoms with Crippen LogP contribution in [0.4, 0.5) is 0 Å². The van der Waals surface area contributed by atoms with Crippen molar-refractivity contribution >= 4 is 5.91 Å². The van der Waals surface area contributed by atoms with E-state index in [1.807, 2.05) is 12.1 Å². The average molecular weight is 291 g/mol. The van der Waals surface area contributed by atoms with E-state index in [2.05, 4.69) is 6.07 Å². The van der Waals surface area contributed by atoms with E-state index in [1.165, 1.54) is 24.0 Å². The van der Waals surface area contributed by atoms with Crippen molar-refractivity contribution in [1.29, 1.82) is 0 Å². The third-order valence-corrected chi connectivity index (χ3v) is 4.32. The van der Waals surface area contributed by atoms with Crippen LogP contribution in [0.1, 0.15) is 41.3 Å². The second-order valence-electron chi connectivity index (χ2n) is 6.48. The fraction of sp³-hybridized carbons (Fsp3) is 0.588. The normalized spacial score (nSPS) is 14.7. The third kappa shape index (κ3) is 3.63. The van der Waals surface area contributed by atoms with Gasteiger partial charge in [-0.25, -0.2) is 0 Å². The molecule has 0 radical (unpaired) electrons. The molecule has 4 heteroatoms. The Balaban J connectivity index is 2.12. The predicted molar refractivity (Wildman–Crippen MR) is 82.3 cm³/mol. The van der Waals surface area contributed by atoms with E-state index in [-0.39, 0.29) is 19.1 Å². The van der Waals surface area contributed by atoms with Crippen molar-refractivity contribution in [3.8, 4) is 0 Å². The monoisotopic (exact) mass is 291 g/mol. The Bertz CT molecular complexity index is 509. The second-order valence-corrected chi connectivity index (χ2v) is 6.48. The van der Waals surface area contributed by atoms with E-state index in [4.69, 9.17) is 0 Å². The summed E-state index contributed by atoms with van der Waals surface area (Å²) in [7, 11) is 1.71. The molecular formula is C17H25NO3. The van der Waals surface area contributed by atoms with Crippen molar-refractivity contribution in [2.45, 2.75) is 32.6 Å². The average Bonchev–Trinajstić information content (AvgIpc) is 2.53. The number of aryl methyl sites for hydroxylation is 2. The Morgan fingerprint density at radius 2 is 1.81 bits per heavy atom. The largest absolute Gasteiger partial charge is 0.396 e. The van der Waals surface area contributed by atoms with Gasteiger partial charge >= 0.3 is 0 Å². The summed E-state index contributed by atoms with van der Waals surface area (Å²) in [6.07, 6.45) is 4.57. The van der Waals surface area contributed by atoms with Crippen LogP contribution < -0.4 is 0 Å². The topological polar surface area (TPSA) is 60.8 Å². The summed E-state index contributed by atoms with van der Waals surface area (Å²) in [6, 6.07) is 5.95. The summed E-state index contributed by atoms with van der Waals surface area (Å²) in [6.45, 7) is 1.80. The van der Waals surface area contributed by atoms with Crippen LogP contribution in [0, 0.1) is 5.41 Å². The van der Waals surface area contributed by atoms with Crippen LogP contribution in [0.5, 0.6) is 0 Å². The summed E-state index contributed by atoms with van der Waals surface area (Å²) in [5.74, 6) is -0.0588. The molecule has 0 unspecified atom stereocenters. The standard InChI is InChI=1S/C17H25NO3/c1-17(11-19,12-20)10-18(2)16(21)15-8-7-13-5-3-4-6-14(13)9-15/h7-9,19-20H,3-6,10-12H2,1-2H3. The summed E-state index contributed by atoms with van der Waals surface area (Å²) >= 11 is 0. The van der Waals surface area contributed by atoms with Crippen LogP contribution in [-0.2, 0) is 12.8 Å². The number of fused-ring (bicyclic) bond motifs is 1. The molecule has 1 aliphatic carbocycles. The molecule has 0 atom stereocenters. The van der Waals surface area contributed by atoms with Crippen LogP contribution in [-0.4, -0.2) is 47.8 Å². The molecule has 0 aliphatic heterocycles. The molecule has 1 aliphatic rings. The van der Waals surface area contributed by atoms with Gasteiger partial charge < -0.3 is 15.1 Å². The Morgan fingerprint density at radius 3 is 2.43 bits per heavy atom. The van der Waals surface area contributed by atoms with Gasteiger partial charge in [-0.05, 0) is 48.9 Å². The number of hydrogen-bond acceptors (Lipinski definition) is 3. The highest BCUT2D eigenvalue weighted by molar-refractivity contribution is 5.94. The molecule has 0 bridgehead atoms. The van der Waals surface area contributed by atoms with Gasteiger partial charge in [-0.3, -0.25) is 4.79 Å². The number of rotatable bonds is 5. The van der Waals surface area contributed by atoms with E-state index < -0.39 is 5.41 Å². The smallest absolute Gasteiger partial charge is 0.253 e. The molecular weight excluding hydrogens is 266 g/mol. The number of nitrogens with zero attached hydrogens (tertiary/aromatic N) is 1. The van der Waals surface area contributed by atoms with Crippen molar-refractivity contribution < 1.29 is 15.0 Å². The van der Waals surface area contributed by atoms with Crippen molar-refractivity contribution in [3.63, 3.8) is 0 Å². The zero-order valence-corrected chi connectivity index (χ0v) is 12.9. The molecule has 116 valence electrons. The maximum absolute atomic E-state index is 12.5. The number of benzene rings is 1. The molecule has 0 saturated carbocycles. The summed E-state index contributed by atoms with van der Waals surface area (Å²) in [5.41, 5.74) is 2.67. The zero-order chi connectivity index (χ0) is 15.5. The van der Waals surface area contributed by atoms with Crippen molar-refractivity contribution in [1.82, 2.24) is 4.90 Å². The van der Waals surface area contributed by atoms with Gasteiger partial charge in [0.1, 0.15) is 0 Å². The van der Waals surface area contributed by atoms with Crippen LogP contribution in [0.3, 0.4) is 0 Å². The van der Waals surface area contributed by atoms with Gasteiger partial charge in [0.2, 0.25) is 0 Å². The molecule has 1 aromatic carbocycles. The molecule has 1 amide bonds. The van der Waals surface area contributed by atoms with Crippen molar-refractivity contribution in [3.05, 3.63) is 34.9 Å². The Morgan fingerprint density at radius 1 is 1.19 bits per heavy atom. The van der Waals surface area contributed by atoms with Gasteiger partial charge in [0, 0.05) is 24.6 Å². The minimum absolute atomic E-state index is 0.0588. The predicted octanol–water partition coefficient (Wildman–Crippen LogP) is 1.63. The molecule has 0 saturated heterocycles. The summed E-state index contributed by atoms with van der Waals surface area (Å²) < 4.78 is 0. The minimum atomic E-state index is -0.668. The summed E-state index contributed by atoms with van der Waals surface area (Å²) in [4.78, 5) is 14.1. The zero-order valence-electron chi connectivity index (χ0n) is 12.9. The van der Waals surface area contributed by atoms with Crippen LogP contribution in [0.2, 0.25) is 0 Å². The molecule has 0 aromatic heterocycles. The molecule has 0 spiro atoms. The van der Waals surface area contributed by atoms with Gasteiger partial charge in [0.25, 0.3) is 5.91 Å². The molecule has 21 heavy (non-hydrogen) atoms. The molecule has 1 aromatic rings. The fourth-order valence-electron chi connectivity index (χ4n) is 2.88. The first-order valence-corrected chi connectivity index (χ1v) is 7.58. The molecule has 2 rings (SSSR count). The van der Waals surface area contributed by atoms with Crippen LogP contribution in [0.15, 0.2) is 18.2 Å².